The normalized spacial score (nSPS) is 13.3. The molecule has 0 bridgehead atoms. The number of nitrogens with two attached hydrogens (primary N) is 1. The minimum Gasteiger partial charge on any atom is -0.385 e. The third-order valence-electron chi connectivity index (χ3n) is 3.26. The minimum absolute atomic E-state index is 0.778. The van der Waals surface area contributed by atoms with E-state index in [2.05, 4.69) is 50.6 Å². The summed E-state index contributed by atoms with van der Waals surface area (Å²) in [4.78, 5) is 0. The van der Waals surface area contributed by atoms with E-state index in [0.29, 0.717) is 0 Å². The fourth-order valence-electron chi connectivity index (χ4n) is 1.78. The largest absolute Gasteiger partial charge is 0.385 e. The number of nitrogens with one attached hydrogen (secondary N) is 1. The molecule has 2 nitrogen and oxygen atoms in total. The Labute approximate surface area is 124 Å². The van der Waals surface area contributed by atoms with Crippen LogP contribution in [0.25, 0.3) is 0 Å². The van der Waals surface area contributed by atoms with Crippen molar-refractivity contribution in [1.82, 2.24) is 5.32 Å². The monoisotopic (exact) mass is 274 g/mol. The summed E-state index contributed by atoms with van der Waals surface area (Å²) in [6.45, 7) is 15.8. The third kappa shape index (κ3) is 7.80. The van der Waals surface area contributed by atoms with Crippen LogP contribution < -0.4 is 11.1 Å². The molecule has 0 aliphatic carbocycles. The number of allylic oxidation sites excluding steroid dienone is 7. The highest BCUT2D eigenvalue weighted by Crippen LogP contribution is 2.12. The van der Waals surface area contributed by atoms with E-state index in [9.17, 15) is 0 Å². The molecule has 20 heavy (non-hydrogen) atoms. The summed E-state index contributed by atoms with van der Waals surface area (Å²) in [6.07, 6.45) is 11.5. The van der Waals surface area contributed by atoms with Crippen LogP contribution in [0, 0.1) is 0 Å². The van der Waals surface area contributed by atoms with Gasteiger partial charge in [-0.2, -0.15) is 0 Å². The molecule has 3 N–H and O–H groups in total. The molecule has 0 spiro atoms. The second-order valence-electron chi connectivity index (χ2n) is 4.90. The van der Waals surface area contributed by atoms with Crippen LogP contribution in [0.15, 0.2) is 59.9 Å². The van der Waals surface area contributed by atoms with Crippen molar-refractivity contribution >= 4 is 0 Å². The van der Waals surface area contributed by atoms with Gasteiger partial charge in [-0.25, -0.2) is 0 Å². The molecule has 0 aliphatic heterocycles. The molecule has 0 saturated carbocycles. The van der Waals surface area contributed by atoms with Crippen LogP contribution in [0.3, 0.4) is 0 Å². The molecule has 0 radical (unpaired) electrons. The SMILES string of the molecule is C=CC(=C\C)/C(C)=C/C=C(\C)C(=C)NCCCCCN. The highest BCUT2D eigenvalue weighted by Gasteiger charge is 1.96. The summed E-state index contributed by atoms with van der Waals surface area (Å²) in [7, 11) is 0. The van der Waals surface area contributed by atoms with Crippen LogP contribution in [0.1, 0.15) is 40.0 Å². The van der Waals surface area contributed by atoms with E-state index in [-0.39, 0.29) is 0 Å². The fraction of sp³-hybridized carbons (Fsp3) is 0.444. The van der Waals surface area contributed by atoms with Gasteiger partial charge >= 0.3 is 0 Å². The van der Waals surface area contributed by atoms with Crippen LogP contribution >= 0.6 is 0 Å². The summed E-state index contributed by atoms with van der Waals surface area (Å²) in [6, 6.07) is 0. The third-order valence-corrected chi connectivity index (χ3v) is 3.26. The number of unbranched alkanes of at least 4 members (excludes halogenated alkanes) is 2. The Hall–Kier alpha value is -1.54. The Morgan fingerprint density at radius 3 is 2.30 bits per heavy atom. The number of hydrogen-bond donors (Lipinski definition) is 2. The first kappa shape index (κ1) is 18.5. The second kappa shape index (κ2) is 11.3. The molecule has 0 atom stereocenters. The summed E-state index contributed by atoms with van der Waals surface area (Å²) in [5.41, 5.74) is 9.98. The summed E-state index contributed by atoms with van der Waals surface area (Å²) >= 11 is 0. The maximum Gasteiger partial charge on any atom is 0.0296 e. The van der Waals surface area contributed by atoms with Gasteiger partial charge in [0.15, 0.2) is 0 Å². The van der Waals surface area contributed by atoms with Gasteiger partial charge in [0.25, 0.3) is 0 Å². The van der Waals surface area contributed by atoms with E-state index >= 15 is 0 Å². The Balaban J connectivity index is 4.32. The van der Waals surface area contributed by atoms with E-state index in [4.69, 9.17) is 5.73 Å². The van der Waals surface area contributed by atoms with E-state index in [1.54, 1.807) is 0 Å². The maximum absolute atomic E-state index is 5.47. The molecule has 0 aliphatic rings. The van der Waals surface area contributed by atoms with Crippen molar-refractivity contribution in [1.29, 1.82) is 0 Å². The number of rotatable bonds is 10. The van der Waals surface area contributed by atoms with Crippen molar-refractivity contribution in [3.8, 4) is 0 Å². The zero-order valence-electron chi connectivity index (χ0n) is 13.3. The molecular formula is C18H30N2. The lowest BCUT2D eigenvalue weighted by molar-refractivity contribution is 0.652. The summed E-state index contributed by atoms with van der Waals surface area (Å²) < 4.78 is 0. The Morgan fingerprint density at radius 1 is 1.10 bits per heavy atom. The van der Waals surface area contributed by atoms with Crippen LogP contribution in [-0.2, 0) is 0 Å². The van der Waals surface area contributed by atoms with E-state index in [1.807, 2.05) is 13.0 Å². The van der Waals surface area contributed by atoms with Gasteiger partial charge in [-0.15, -0.1) is 0 Å². The lowest BCUT2D eigenvalue weighted by atomic mass is 10.1. The Morgan fingerprint density at radius 2 is 1.75 bits per heavy atom. The molecule has 0 amide bonds. The molecule has 2 heteroatoms. The van der Waals surface area contributed by atoms with Gasteiger partial charge in [0.1, 0.15) is 0 Å². The molecular weight excluding hydrogens is 244 g/mol. The van der Waals surface area contributed by atoms with Crippen molar-refractivity contribution in [3.63, 3.8) is 0 Å². The van der Waals surface area contributed by atoms with Crippen LogP contribution in [-0.4, -0.2) is 13.1 Å². The van der Waals surface area contributed by atoms with Crippen molar-refractivity contribution in [2.75, 3.05) is 13.1 Å². The van der Waals surface area contributed by atoms with Gasteiger partial charge in [-0.1, -0.05) is 43.9 Å². The average molecular weight is 274 g/mol. The van der Waals surface area contributed by atoms with Crippen LogP contribution in [0.5, 0.6) is 0 Å². The predicted octanol–water partition coefficient (Wildman–Crippen LogP) is 4.24. The molecule has 0 aromatic carbocycles. The maximum atomic E-state index is 5.47. The predicted molar refractivity (Wildman–Crippen MR) is 91.5 cm³/mol. The first-order valence-electron chi connectivity index (χ1n) is 7.34. The molecule has 0 unspecified atom stereocenters. The van der Waals surface area contributed by atoms with Gasteiger partial charge in [-0.3, -0.25) is 0 Å². The zero-order valence-corrected chi connectivity index (χ0v) is 13.3. The van der Waals surface area contributed by atoms with Crippen LogP contribution in [0.4, 0.5) is 0 Å². The van der Waals surface area contributed by atoms with Crippen molar-refractivity contribution in [2.24, 2.45) is 5.73 Å². The van der Waals surface area contributed by atoms with Gasteiger partial charge in [-0.05, 0) is 56.9 Å². The van der Waals surface area contributed by atoms with Crippen molar-refractivity contribution < 1.29 is 0 Å². The van der Waals surface area contributed by atoms with Gasteiger partial charge < -0.3 is 11.1 Å². The lowest BCUT2D eigenvalue weighted by Crippen LogP contribution is -2.15. The van der Waals surface area contributed by atoms with Gasteiger partial charge in [0.2, 0.25) is 0 Å². The molecule has 0 heterocycles. The quantitative estimate of drug-likeness (QED) is 0.462. The lowest BCUT2D eigenvalue weighted by Gasteiger charge is -2.09. The minimum atomic E-state index is 0.778. The number of hydrogen-bond acceptors (Lipinski definition) is 2. The van der Waals surface area contributed by atoms with E-state index in [1.165, 1.54) is 12.0 Å². The first-order chi connectivity index (χ1) is 9.56. The van der Waals surface area contributed by atoms with E-state index < -0.39 is 0 Å². The highest BCUT2D eigenvalue weighted by molar-refractivity contribution is 5.40. The molecule has 112 valence electrons. The highest BCUT2D eigenvalue weighted by atomic mass is 14.9. The second-order valence-corrected chi connectivity index (χ2v) is 4.90. The topological polar surface area (TPSA) is 38.0 Å². The first-order valence-corrected chi connectivity index (χ1v) is 7.34. The standard InChI is InChI=1S/C18H30N2/c1-6-18(7-2)16(4)12-11-15(3)17(5)20-14-10-8-9-13-19/h6-7,11-12,20H,1,5,8-10,13-14,19H2,2-4H3/b15-11+,16-12+,18-7+. The smallest absolute Gasteiger partial charge is 0.0296 e. The van der Waals surface area contributed by atoms with Gasteiger partial charge in [0.05, 0.1) is 0 Å². The van der Waals surface area contributed by atoms with Gasteiger partial charge in [0, 0.05) is 12.2 Å². The Kier molecular flexibility index (Phi) is 10.4. The molecule has 0 fully saturated rings. The molecule has 0 saturated heterocycles. The fourth-order valence-corrected chi connectivity index (χ4v) is 1.78. The molecule has 0 rings (SSSR count). The van der Waals surface area contributed by atoms with E-state index in [0.717, 1.165) is 42.8 Å². The summed E-state index contributed by atoms with van der Waals surface area (Å²) in [5.74, 6) is 0. The molecule has 0 aromatic rings. The average Bonchev–Trinajstić information content (AvgIpc) is 2.45. The van der Waals surface area contributed by atoms with Crippen molar-refractivity contribution in [2.45, 2.75) is 40.0 Å². The zero-order chi connectivity index (χ0) is 15.4. The van der Waals surface area contributed by atoms with Crippen molar-refractivity contribution in [3.05, 3.63) is 59.9 Å². The van der Waals surface area contributed by atoms with Crippen LogP contribution in [0.2, 0.25) is 0 Å². The Bertz CT molecular complexity index is 398. The molecule has 0 aromatic heterocycles. The summed E-state index contributed by atoms with van der Waals surface area (Å²) in [5, 5.41) is 3.35.